The standard InChI is InChI=1S/C7H15NOS/c1-2-10-8-5-3-4-7(8)6-9/h7,9H,2-6H2,1H3. The van der Waals surface area contributed by atoms with Crippen molar-refractivity contribution in [2.45, 2.75) is 25.8 Å². The lowest BCUT2D eigenvalue weighted by atomic mass is 10.2. The smallest absolute Gasteiger partial charge is 0.0596 e. The lowest BCUT2D eigenvalue weighted by Gasteiger charge is -2.19. The summed E-state index contributed by atoms with van der Waals surface area (Å²) in [5.41, 5.74) is 0. The summed E-state index contributed by atoms with van der Waals surface area (Å²) in [5, 5.41) is 8.91. The van der Waals surface area contributed by atoms with Gasteiger partial charge in [0.25, 0.3) is 0 Å². The molecule has 0 spiro atoms. The molecule has 0 bridgehead atoms. The summed E-state index contributed by atoms with van der Waals surface area (Å²) >= 11 is 1.84. The summed E-state index contributed by atoms with van der Waals surface area (Å²) in [4.78, 5) is 0. The van der Waals surface area contributed by atoms with Crippen LogP contribution in [0.4, 0.5) is 0 Å². The van der Waals surface area contributed by atoms with Crippen LogP contribution in [0.2, 0.25) is 0 Å². The molecule has 1 aliphatic heterocycles. The molecule has 0 saturated carbocycles. The monoisotopic (exact) mass is 161 g/mol. The van der Waals surface area contributed by atoms with Gasteiger partial charge in [-0.05, 0) is 12.8 Å². The second-order valence-electron chi connectivity index (χ2n) is 2.54. The van der Waals surface area contributed by atoms with E-state index in [1.54, 1.807) is 0 Å². The Labute approximate surface area is 66.7 Å². The minimum Gasteiger partial charge on any atom is -0.395 e. The van der Waals surface area contributed by atoms with E-state index in [0.29, 0.717) is 12.6 Å². The Kier molecular flexibility index (Phi) is 3.52. The average Bonchev–Trinajstić information content (AvgIpc) is 2.36. The minimum absolute atomic E-state index is 0.326. The van der Waals surface area contributed by atoms with Gasteiger partial charge in [0.2, 0.25) is 0 Å². The van der Waals surface area contributed by atoms with Gasteiger partial charge in [-0.3, -0.25) is 0 Å². The molecule has 0 aliphatic carbocycles. The summed E-state index contributed by atoms with van der Waals surface area (Å²) in [6, 6.07) is 0.435. The first-order valence-corrected chi connectivity index (χ1v) is 4.83. The average molecular weight is 161 g/mol. The maximum absolute atomic E-state index is 8.91. The van der Waals surface area contributed by atoms with E-state index >= 15 is 0 Å². The van der Waals surface area contributed by atoms with Crippen molar-refractivity contribution >= 4 is 11.9 Å². The fourth-order valence-corrected chi connectivity index (χ4v) is 2.30. The Morgan fingerprint density at radius 2 is 2.50 bits per heavy atom. The second kappa shape index (κ2) is 4.21. The Balaban J connectivity index is 2.27. The topological polar surface area (TPSA) is 23.5 Å². The fourth-order valence-electron chi connectivity index (χ4n) is 1.33. The molecular weight excluding hydrogens is 146 g/mol. The third-order valence-corrected chi connectivity index (χ3v) is 2.90. The van der Waals surface area contributed by atoms with Crippen molar-refractivity contribution in [3.05, 3.63) is 0 Å². The fraction of sp³-hybridized carbons (Fsp3) is 1.00. The van der Waals surface area contributed by atoms with Crippen LogP contribution in [0, 0.1) is 0 Å². The lowest BCUT2D eigenvalue weighted by Crippen LogP contribution is -2.26. The van der Waals surface area contributed by atoms with Gasteiger partial charge in [-0.15, -0.1) is 0 Å². The van der Waals surface area contributed by atoms with Crippen molar-refractivity contribution in [1.29, 1.82) is 0 Å². The van der Waals surface area contributed by atoms with Gasteiger partial charge in [-0.25, -0.2) is 4.31 Å². The molecule has 0 aromatic carbocycles. The Morgan fingerprint density at radius 1 is 1.70 bits per heavy atom. The minimum atomic E-state index is 0.326. The van der Waals surface area contributed by atoms with Crippen molar-refractivity contribution in [3.63, 3.8) is 0 Å². The molecule has 60 valence electrons. The van der Waals surface area contributed by atoms with Crippen LogP contribution in [0.25, 0.3) is 0 Å². The van der Waals surface area contributed by atoms with Crippen molar-refractivity contribution < 1.29 is 5.11 Å². The third-order valence-electron chi connectivity index (χ3n) is 1.83. The summed E-state index contributed by atoms with van der Waals surface area (Å²) in [6.07, 6.45) is 2.42. The van der Waals surface area contributed by atoms with Crippen LogP contribution in [0.5, 0.6) is 0 Å². The van der Waals surface area contributed by atoms with Gasteiger partial charge in [0, 0.05) is 18.3 Å². The van der Waals surface area contributed by atoms with E-state index in [-0.39, 0.29) is 0 Å². The molecule has 1 unspecified atom stereocenters. The normalized spacial score (nSPS) is 27.6. The number of nitrogens with zero attached hydrogens (tertiary/aromatic N) is 1. The maximum atomic E-state index is 8.91. The zero-order chi connectivity index (χ0) is 7.40. The number of hydrogen-bond acceptors (Lipinski definition) is 3. The summed E-state index contributed by atoms with van der Waals surface area (Å²) in [7, 11) is 0. The number of hydrogen-bond donors (Lipinski definition) is 1. The van der Waals surface area contributed by atoms with Gasteiger partial charge < -0.3 is 5.11 Å². The van der Waals surface area contributed by atoms with Crippen LogP contribution < -0.4 is 0 Å². The predicted molar refractivity (Wildman–Crippen MR) is 44.9 cm³/mol. The number of aliphatic hydroxyl groups is 1. The molecule has 3 heteroatoms. The van der Waals surface area contributed by atoms with E-state index in [9.17, 15) is 0 Å². The van der Waals surface area contributed by atoms with Gasteiger partial charge in [-0.1, -0.05) is 18.9 Å². The Hall–Kier alpha value is 0.270. The van der Waals surface area contributed by atoms with Gasteiger partial charge in [0.15, 0.2) is 0 Å². The van der Waals surface area contributed by atoms with Gasteiger partial charge >= 0.3 is 0 Å². The SMILES string of the molecule is CCSN1CCCC1CO. The molecule has 1 heterocycles. The van der Waals surface area contributed by atoms with Crippen molar-refractivity contribution in [2.75, 3.05) is 18.9 Å². The molecule has 2 nitrogen and oxygen atoms in total. The first-order valence-electron chi connectivity index (χ1n) is 3.89. The molecule has 1 aliphatic rings. The van der Waals surface area contributed by atoms with Gasteiger partial charge in [0.1, 0.15) is 0 Å². The summed E-state index contributed by atoms with van der Waals surface area (Å²) in [5.74, 6) is 1.12. The molecule has 1 rings (SSSR count). The highest BCUT2D eigenvalue weighted by Gasteiger charge is 2.22. The second-order valence-corrected chi connectivity index (χ2v) is 3.84. The zero-order valence-electron chi connectivity index (χ0n) is 6.42. The van der Waals surface area contributed by atoms with Gasteiger partial charge in [0.05, 0.1) is 6.61 Å². The lowest BCUT2D eigenvalue weighted by molar-refractivity contribution is 0.221. The molecule has 0 aromatic rings. The first kappa shape index (κ1) is 8.37. The molecule has 1 fully saturated rings. The van der Waals surface area contributed by atoms with Crippen LogP contribution in [0.15, 0.2) is 0 Å². The van der Waals surface area contributed by atoms with E-state index in [4.69, 9.17) is 5.11 Å². The van der Waals surface area contributed by atoms with E-state index in [2.05, 4.69) is 11.2 Å². The van der Waals surface area contributed by atoms with E-state index in [0.717, 1.165) is 12.3 Å². The highest BCUT2D eigenvalue weighted by Crippen LogP contribution is 2.24. The molecule has 0 aromatic heterocycles. The van der Waals surface area contributed by atoms with Crippen molar-refractivity contribution in [1.82, 2.24) is 4.31 Å². The summed E-state index contributed by atoms with van der Waals surface area (Å²) < 4.78 is 2.31. The Morgan fingerprint density at radius 3 is 3.10 bits per heavy atom. The van der Waals surface area contributed by atoms with Crippen molar-refractivity contribution in [3.8, 4) is 0 Å². The van der Waals surface area contributed by atoms with Crippen LogP contribution in [-0.4, -0.2) is 34.4 Å². The Bertz CT molecular complexity index is 99.6. The van der Waals surface area contributed by atoms with E-state index < -0.39 is 0 Å². The van der Waals surface area contributed by atoms with Gasteiger partial charge in [-0.2, -0.15) is 0 Å². The molecule has 1 saturated heterocycles. The molecule has 0 amide bonds. The highest BCUT2D eigenvalue weighted by molar-refractivity contribution is 7.97. The molecular formula is C7H15NOS. The van der Waals surface area contributed by atoms with E-state index in [1.807, 2.05) is 11.9 Å². The number of rotatable bonds is 3. The molecule has 0 radical (unpaired) electrons. The van der Waals surface area contributed by atoms with Crippen LogP contribution in [-0.2, 0) is 0 Å². The molecule has 1 atom stereocenters. The van der Waals surface area contributed by atoms with Crippen LogP contribution in [0.3, 0.4) is 0 Å². The molecule has 1 N–H and O–H groups in total. The molecule has 10 heavy (non-hydrogen) atoms. The van der Waals surface area contributed by atoms with Crippen LogP contribution >= 0.6 is 11.9 Å². The zero-order valence-corrected chi connectivity index (χ0v) is 7.23. The third kappa shape index (κ3) is 1.87. The predicted octanol–water partition coefficient (Wildman–Crippen LogP) is 1.11. The summed E-state index contributed by atoms with van der Waals surface area (Å²) in [6.45, 7) is 3.63. The highest BCUT2D eigenvalue weighted by atomic mass is 32.2. The largest absolute Gasteiger partial charge is 0.395 e. The first-order chi connectivity index (χ1) is 4.88. The number of aliphatic hydroxyl groups excluding tert-OH is 1. The maximum Gasteiger partial charge on any atom is 0.0596 e. The van der Waals surface area contributed by atoms with Crippen molar-refractivity contribution in [2.24, 2.45) is 0 Å². The quantitative estimate of drug-likeness (QED) is 0.627. The van der Waals surface area contributed by atoms with Crippen LogP contribution in [0.1, 0.15) is 19.8 Å². The van der Waals surface area contributed by atoms with E-state index in [1.165, 1.54) is 12.8 Å².